The van der Waals surface area contributed by atoms with Gasteiger partial charge in [0.15, 0.2) is 5.78 Å². The van der Waals surface area contributed by atoms with Gasteiger partial charge >= 0.3 is 0 Å². The van der Waals surface area contributed by atoms with Gasteiger partial charge in [0.25, 0.3) is 0 Å². The van der Waals surface area contributed by atoms with Gasteiger partial charge < -0.3 is 14.2 Å². The fourth-order valence-electron chi connectivity index (χ4n) is 6.17. The van der Waals surface area contributed by atoms with Gasteiger partial charge in [-0.15, -0.1) is 0 Å². The van der Waals surface area contributed by atoms with Crippen LogP contribution in [0.3, 0.4) is 0 Å². The van der Waals surface area contributed by atoms with Crippen LogP contribution in [0.4, 0.5) is 0 Å². The molecule has 0 saturated heterocycles. The molecule has 2 saturated carbocycles. The SMILES string of the molecule is COCOC(C)(C)[C@H]1C[C@@H]2[C@@H](COCc3ccccc3)C[C@H]3CCC(=O)C(C)=C3[C@@H]21. The average Bonchev–Trinajstić information content (AvgIpc) is 2.71. The van der Waals surface area contributed by atoms with E-state index in [2.05, 4.69) is 45.0 Å². The van der Waals surface area contributed by atoms with Crippen LogP contribution < -0.4 is 0 Å². The van der Waals surface area contributed by atoms with Gasteiger partial charge in [0.1, 0.15) is 6.79 Å². The second-order valence-corrected chi connectivity index (χ2v) is 9.92. The number of carbonyl (C=O) groups excluding carboxylic acids is 1. The first kappa shape index (κ1) is 21.7. The normalized spacial score (nSPS) is 31.2. The summed E-state index contributed by atoms with van der Waals surface area (Å²) in [5.41, 5.74) is 3.45. The molecule has 164 valence electrons. The second-order valence-electron chi connectivity index (χ2n) is 9.92. The predicted molar refractivity (Wildman–Crippen MR) is 117 cm³/mol. The molecule has 3 aliphatic rings. The first-order chi connectivity index (χ1) is 14.4. The third-order valence-corrected chi connectivity index (χ3v) is 7.87. The highest BCUT2D eigenvalue weighted by Crippen LogP contribution is 2.61. The molecule has 0 aliphatic heterocycles. The zero-order chi connectivity index (χ0) is 21.3. The lowest BCUT2D eigenvalue weighted by Gasteiger charge is -2.60. The van der Waals surface area contributed by atoms with Crippen molar-refractivity contribution in [2.45, 2.75) is 58.7 Å². The van der Waals surface area contributed by atoms with E-state index in [0.29, 0.717) is 55.2 Å². The summed E-state index contributed by atoms with van der Waals surface area (Å²) in [5, 5.41) is 0. The highest BCUT2D eigenvalue weighted by molar-refractivity contribution is 5.96. The molecule has 0 bridgehead atoms. The lowest BCUT2D eigenvalue weighted by atomic mass is 9.46. The van der Waals surface area contributed by atoms with Crippen LogP contribution in [0, 0.1) is 29.6 Å². The number of ether oxygens (including phenoxy) is 3. The van der Waals surface area contributed by atoms with Crippen molar-refractivity contribution in [2.75, 3.05) is 20.5 Å². The number of carbonyl (C=O) groups is 1. The Balaban J connectivity index is 1.51. The number of rotatable bonds is 8. The van der Waals surface area contributed by atoms with Crippen LogP contribution in [0.5, 0.6) is 0 Å². The first-order valence-corrected chi connectivity index (χ1v) is 11.4. The van der Waals surface area contributed by atoms with Crippen LogP contribution in [0.15, 0.2) is 41.5 Å². The quantitative estimate of drug-likeness (QED) is 0.553. The van der Waals surface area contributed by atoms with E-state index >= 15 is 0 Å². The van der Waals surface area contributed by atoms with E-state index in [9.17, 15) is 4.79 Å². The average molecular weight is 413 g/mol. The van der Waals surface area contributed by atoms with Gasteiger partial charge in [-0.05, 0) is 80.8 Å². The number of hydrogen-bond acceptors (Lipinski definition) is 4. The van der Waals surface area contributed by atoms with Crippen LogP contribution >= 0.6 is 0 Å². The van der Waals surface area contributed by atoms with Gasteiger partial charge in [0, 0.05) is 13.5 Å². The molecule has 0 spiro atoms. The van der Waals surface area contributed by atoms with Crippen molar-refractivity contribution >= 4 is 5.78 Å². The minimum atomic E-state index is -0.262. The molecule has 1 aromatic carbocycles. The first-order valence-electron chi connectivity index (χ1n) is 11.4. The second kappa shape index (κ2) is 8.94. The summed E-state index contributed by atoms with van der Waals surface area (Å²) < 4.78 is 17.5. The van der Waals surface area contributed by atoms with E-state index < -0.39 is 0 Å². The van der Waals surface area contributed by atoms with Crippen LogP contribution in [0.2, 0.25) is 0 Å². The number of hydrogen-bond donors (Lipinski definition) is 0. The lowest BCUT2D eigenvalue weighted by Crippen LogP contribution is -2.57. The Bertz CT molecular complexity index is 781. The summed E-state index contributed by atoms with van der Waals surface area (Å²) in [6.45, 7) is 8.21. The van der Waals surface area contributed by atoms with Crippen molar-refractivity contribution in [3.63, 3.8) is 0 Å². The third-order valence-electron chi connectivity index (χ3n) is 7.87. The van der Waals surface area contributed by atoms with E-state index in [1.165, 1.54) is 11.1 Å². The van der Waals surface area contributed by atoms with Gasteiger partial charge in [-0.25, -0.2) is 0 Å². The van der Waals surface area contributed by atoms with Crippen molar-refractivity contribution in [1.29, 1.82) is 0 Å². The van der Waals surface area contributed by atoms with Crippen LogP contribution in [0.25, 0.3) is 0 Å². The molecule has 30 heavy (non-hydrogen) atoms. The monoisotopic (exact) mass is 412 g/mol. The molecule has 4 heteroatoms. The standard InChI is InChI=1S/C26H36O4/c1-17-23(27)11-10-19-12-20(15-29-14-18-8-6-5-7-9-18)21-13-22(25(21)24(17)19)26(2,3)30-16-28-4/h5-9,19-22,25H,10-16H2,1-4H3/t19-,20-,21-,22+,25+/m1/s1. The predicted octanol–water partition coefficient (Wildman–Crippen LogP) is 5.17. The third kappa shape index (κ3) is 4.15. The molecule has 0 heterocycles. The zero-order valence-corrected chi connectivity index (χ0v) is 18.9. The Kier molecular flexibility index (Phi) is 6.47. The molecule has 3 aliphatic carbocycles. The molecule has 5 atom stereocenters. The van der Waals surface area contributed by atoms with Crippen LogP contribution in [0.1, 0.15) is 52.0 Å². The largest absolute Gasteiger partial charge is 0.376 e. The van der Waals surface area contributed by atoms with E-state index in [1.54, 1.807) is 7.11 Å². The molecule has 0 unspecified atom stereocenters. The summed E-state index contributed by atoms with van der Waals surface area (Å²) in [5.74, 6) is 2.87. The molecule has 0 N–H and O–H groups in total. The van der Waals surface area contributed by atoms with E-state index in [0.717, 1.165) is 31.4 Å². The highest BCUT2D eigenvalue weighted by atomic mass is 16.7. The Labute approximate surface area is 181 Å². The summed E-state index contributed by atoms with van der Waals surface area (Å²) in [7, 11) is 1.67. The molecule has 0 amide bonds. The molecule has 4 rings (SSSR count). The van der Waals surface area contributed by atoms with Crippen LogP contribution in [-0.2, 0) is 25.6 Å². The topological polar surface area (TPSA) is 44.8 Å². The van der Waals surface area contributed by atoms with Crippen molar-refractivity contribution < 1.29 is 19.0 Å². The maximum absolute atomic E-state index is 12.5. The molecular formula is C26H36O4. The molecule has 1 aromatic rings. The molecule has 2 fully saturated rings. The Morgan fingerprint density at radius 2 is 1.90 bits per heavy atom. The van der Waals surface area contributed by atoms with Crippen molar-refractivity contribution in [1.82, 2.24) is 0 Å². The molecule has 0 aromatic heterocycles. The fourth-order valence-corrected chi connectivity index (χ4v) is 6.17. The number of methoxy groups -OCH3 is 1. The lowest BCUT2D eigenvalue weighted by molar-refractivity contribution is -0.188. The number of allylic oxidation sites excluding steroid dienone is 2. The van der Waals surface area contributed by atoms with Crippen molar-refractivity contribution in [3.8, 4) is 0 Å². The summed E-state index contributed by atoms with van der Waals surface area (Å²) in [6.07, 6.45) is 3.99. The molecule has 0 radical (unpaired) electrons. The summed E-state index contributed by atoms with van der Waals surface area (Å²) in [4.78, 5) is 12.5. The number of fused-ring (bicyclic) bond motifs is 3. The minimum Gasteiger partial charge on any atom is -0.376 e. The summed E-state index contributed by atoms with van der Waals surface area (Å²) >= 11 is 0. The van der Waals surface area contributed by atoms with Gasteiger partial charge in [-0.1, -0.05) is 35.9 Å². The zero-order valence-electron chi connectivity index (χ0n) is 18.9. The van der Waals surface area contributed by atoms with Gasteiger partial charge in [-0.3, -0.25) is 4.79 Å². The van der Waals surface area contributed by atoms with Gasteiger partial charge in [0.2, 0.25) is 0 Å². The number of Topliss-reactive ketones (excluding diaryl/α,β-unsaturated/α-hetero) is 1. The van der Waals surface area contributed by atoms with Crippen molar-refractivity contribution in [3.05, 3.63) is 47.0 Å². The number of benzene rings is 1. The molecule has 4 nitrogen and oxygen atoms in total. The van der Waals surface area contributed by atoms with Crippen LogP contribution in [-0.4, -0.2) is 31.9 Å². The van der Waals surface area contributed by atoms with Gasteiger partial charge in [-0.2, -0.15) is 0 Å². The highest BCUT2D eigenvalue weighted by Gasteiger charge is 2.57. The summed E-state index contributed by atoms with van der Waals surface area (Å²) in [6, 6.07) is 10.4. The van der Waals surface area contributed by atoms with E-state index in [-0.39, 0.29) is 5.60 Å². The fraction of sp³-hybridized carbons (Fsp3) is 0.654. The maximum atomic E-state index is 12.5. The Morgan fingerprint density at radius 1 is 1.13 bits per heavy atom. The van der Waals surface area contributed by atoms with E-state index in [1.807, 2.05) is 6.07 Å². The Morgan fingerprint density at radius 3 is 2.63 bits per heavy atom. The minimum absolute atomic E-state index is 0.262. The van der Waals surface area contributed by atoms with E-state index in [4.69, 9.17) is 14.2 Å². The molecular weight excluding hydrogens is 376 g/mol. The maximum Gasteiger partial charge on any atom is 0.158 e. The van der Waals surface area contributed by atoms with Crippen molar-refractivity contribution in [2.24, 2.45) is 29.6 Å². The smallest absolute Gasteiger partial charge is 0.158 e. The van der Waals surface area contributed by atoms with Gasteiger partial charge in [0.05, 0.1) is 18.8 Å². The Hall–Kier alpha value is -1.49. The number of ketones is 1.